The van der Waals surface area contributed by atoms with Crippen molar-refractivity contribution >= 4 is 75.7 Å². The Bertz CT molecular complexity index is 900. The predicted molar refractivity (Wildman–Crippen MR) is 142 cm³/mol. The van der Waals surface area contributed by atoms with Crippen molar-refractivity contribution in [3.8, 4) is 0 Å². The molecule has 0 bridgehead atoms. The second-order valence-corrected chi connectivity index (χ2v) is 11.6. The first-order valence-electron chi connectivity index (χ1n) is 10.4. The van der Waals surface area contributed by atoms with Crippen LogP contribution in [0.1, 0.15) is 67.2 Å². The topological polar surface area (TPSA) is 74.6 Å². The van der Waals surface area contributed by atoms with Crippen LogP contribution in [-0.4, -0.2) is 22.2 Å². The molecule has 32 heavy (non-hydrogen) atoms. The number of carboxylic acids is 2. The Morgan fingerprint density at radius 2 is 1.19 bits per heavy atom. The maximum absolute atomic E-state index is 13.1. The van der Waals surface area contributed by atoms with Crippen LogP contribution in [0.5, 0.6) is 0 Å². The highest BCUT2D eigenvalue weighted by atomic mass is 79.9. The first kappa shape index (κ1) is 27.5. The average molecular weight is 698 g/mol. The van der Waals surface area contributed by atoms with Gasteiger partial charge >= 0.3 is 11.9 Å². The molecule has 0 aliphatic rings. The number of rotatable bonds is 11. The summed E-state index contributed by atoms with van der Waals surface area (Å²) >= 11 is 14.3. The van der Waals surface area contributed by atoms with Gasteiger partial charge in [0.05, 0.1) is 0 Å². The Morgan fingerprint density at radius 3 is 1.59 bits per heavy atom. The molecule has 0 aliphatic heterocycles. The number of hydrogen-bond acceptors (Lipinski definition) is 2. The summed E-state index contributed by atoms with van der Waals surface area (Å²) in [5.74, 6) is -1.67. The Morgan fingerprint density at radius 1 is 0.750 bits per heavy atom. The number of benzene rings is 2. The molecule has 0 aromatic heterocycles. The van der Waals surface area contributed by atoms with Crippen LogP contribution < -0.4 is 0 Å². The monoisotopic (exact) mass is 694 g/mol. The zero-order valence-electron chi connectivity index (χ0n) is 18.0. The Hall–Kier alpha value is -0.700. The van der Waals surface area contributed by atoms with Crippen LogP contribution in [0.2, 0.25) is 0 Å². The minimum atomic E-state index is -1.24. The molecule has 0 saturated carbocycles. The molecule has 0 amide bonds. The average Bonchev–Trinajstić information content (AvgIpc) is 2.64. The fourth-order valence-electron chi connectivity index (χ4n) is 4.38. The van der Waals surface area contributed by atoms with Gasteiger partial charge in [-0.05, 0) is 73.2 Å². The summed E-state index contributed by atoms with van der Waals surface area (Å²) < 4.78 is 3.27. The molecule has 0 radical (unpaired) electrons. The van der Waals surface area contributed by atoms with Crippen LogP contribution in [0.15, 0.2) is 42.2 Å². The summed E-state index contributed by atoms with van der Waals surface area (Å²) in [6.45, 7) is 3.88. The van der Waals surface area contributed by atoms with Crippen molar-refractivity contribution < 1.29 is 19.8 Å². The zero-order valence-corrected chi connectivity index (χ0v) is 24.3. The third-order valence-electron chi connectivity index (χ3n) is 5.67. The van der Waals surface area contributed by atoms with E-state index in [0.29, 0.717) is 19.3 Å². The number of aryl methyl sites for hydroxylation is 2. The molecule has 2 N–H and O–H groups in total. The van der Waals surface area contributed by atoms with Gasteiger partial charge in [-0.2, -0.15) is 0 Å². The molecule has 174 valence electrons. The summed E-state index contributed by atoms with van der Waals surface area (Å²) in [4.78, 5) is 23.8. The van der Waals surface area contributed by atoms with E-state index >= 15 is 0 Å². The Balaban J connectivity index is 2.52. The van der Waals surface area contributed by atoms with Crippen molar-refractivity contribution in [3.05, 3.63) is 64.4 Å². The molecular formula is C24H26Br4O4. The highest BCUT2D eigenvalue weighted by Gasteiger charge is 2.46. The number of halogens is 4. The number of hydrogen-bond donors (Lipinski definition) is 2. The molecule has 8 heteroatoms. The highest BCUT2D eigenvalue weighted by Crippen LogP contribution is 2.48. The molecule has 2 aromatic carbocycles. The zero-order chi connectivity index (χ0) is 24.1. The maximum Gasteiger partial charge on any atom is 0.318 e. The van der Waals surface area contributed by atoms with Crippen LogP contribution >= 0.6 is 63.7 Å². The molecule has 0 fully saturated rings. The predicted octanol–water partition coefficient (Wildman–Crippen LogP) is 8.54. The van der Waals surface area contributed by atoms with Crippen LogP contribution in [0.4, 0.5) is 0 Å². The van der Waals surface area contributed by atoms with Crippen LogP contribution in [0, 0.1) is 13.8 Å². The van der Waals surface area contributed by atoms with E-state index in [1.54, 1.807) is 0 Å². The highest BCUT2D eigenvalue weighted by molar-refractivity contribution is 9.11. The second kappa shape index (κ2) is 12.1. The van der Waals surface area contributed by atoms with Gasteiger partial charge in [0, 0.05) is 24.3 Å². The Kier molecular flexibility index (Phi) is 10.4. The van der Waals surface area contributed by atoms with E-state index in [-0.39, 0.29) is 6.42 Å². The van der Waals surface area contributed by atoms with E-state index in [1.807, 2.05) is 38.1 Å². The van der Waals surface area contributed by atoms with E-state index in [2.05, 4.69) is 63.7 Å². The van der Waals surface area contributed by atoms with Gasteiger partial charge in [-0.25, -0.2) is 0 Å². The minimum Gasteiger partial charge on any atom is -0.481 e. The van der Waals surface area contributed by atoms with Crippen molar-refractivity contribution in [2.45, 2.75) is 64.2 Å². The van der Waals surface area contributed by atoms with Gasteiger partial charge in [-0.15, -0.1) is 0 Å². The van der Waals surface area contributed by atoms with Crippen molar-refractivity contribution in [1.29, 1.82) is 0 Å². The standard InChI is InChI=1S/C24H26Br4O4/c1-14-10-16(25)12-18(27)21(14)24(23(31)32,9-7-5-3-4-6-8-20(29)30)22-15(2)11-17(26)13-19(22)28/h10-13H,3-9H2,1-2H3,(H,29,30)(H,31,32). The molecule has 0 atom stereocenters. The van der Waals surface area contributed by atoms with Gasteiger partial charge in [0.2, 0.25) is 0 Å². The largest absolute Gasteiger partial charge is 0.481 e. The van der Waals surface area contributed by atoms with E-state index in [0.717, 1.165) is 59.4 Å². The molecule has 0 unspecified atom stereocenters. The summed E-state index contributed by atoms with van der Waals surface area (Å²) in [6.07, 6.45) is 4.52. The van der Waals surface area contributed by atoms with E-state index in [1.165, 1.54) is 0 Å². The normalized spacial score (nSPS) is 11.6. The van der Waals surface area contributed by atoms with Gasteiger partial charge < -0.3 is 10.2 Å². The molecule has 0 saturated heterocycles. The SMILES string of the molecule is Cc1cc(Br)cc(Br)c1C(CCCCCCCC(=O)O)(C(=O)O)c1c(C)cc(Br)cc1Br. The lowest BCUT2D eigenvalue weighted by Gasteiger charge is -2.35. The van der Waals surface area contributed by atoms with Crippen LogP contribution in [0.3, 0.4) is 0 Å². The van der Waals surface area contributed by atoms with E-state index in [9.17, 15) is 14.7 Å². The molecule has 0 aliphatic carbocycles. The Labute approximate surface area is 222 Å². The fourth-order valence-corrected chi connectivity index (χ4v) is 7.93. The van der Waals surface area contributed by atoms with Gasteiger partial charge in [0.15, 0.2) is 0 Å². The quantitative estimate of drug-likeness (QED) is 0.231. The lowest BCUT2D eigenvalue weighted by atomic mass is 9.68. The van der Waals surface area contributed by atoms with Crippen molar-refractivity contribution in [1.82, 2.24) is 0 Å². The van der Waals surface area contributed by atoms with E-state index < -0.39 is 17.4 Å². The summed E-state index contributed by atoms with van der Waals surface area (Å²) in [5, 5.41) is 19.5. The first-order chi connectivity index (χ1) is 15.0. The second-order valence-electron chi connectivity index (χ2n) is 8.03. The fraction of sp³-hybridized carbons (Fsp3) is 0.417. The lowest BCUT2D eigenvalue weighted by molar-refractivity contribution is -0.142. The van der Waals surface area contributed by atoms with Gasteiger partial charge in [0.1, 0.15) is 5.41 Å². The smallest absolute Gasteiger partial charge is 0.318 e. The van der Waals surface area contributed by atoms with Gasteiger partial charge in [-0.1, -0.05) is 89.4 Å². The molecule has 0 spiro atoms. The molecule has 2 rings (SSSR count). The molecule has 0 heterocycles. The first-order valence-corrected chi connectivity index (χ1v) is 13.5. The van der Waals surface area contributed by atoms with Crippen molar-refractivity contribution in [3.63, 3.8) is 0 Å². The molecule has 4 nitrogen and oxygen atoms in total. The van der Waals surface area contributed by atoms with Crippen LogP contribution in [0.25, 0.3) is 0 Å². The van der Waals surface area contributed by atoms with Crippen LogP contribution in [-0.2, 0) is 15.0 Å². The third-order valence-corrected chi connectivity index (χ3v) is 7.83. The summed E-state index contributed by atoms with van der Waals surface area (Å²) in [5.41, 5.74) is 2.05. The number of aliphatic carboxylic acids is 2. The van der Waals surface area contributed by atoms with Crippen molar-refractivity contribution in [2.75, 3.05) is 0 Å². The number of carbonyl (C=O) groups is 2. The number of carboxylic acid groups (broad SMARTS) is 2. The van der Waals surface area contributed by atoms with Gasteiger partial charge in [0.25, 0.3) is 0 Å². The third kappa shape index (κ3) is 6.45. The lowest BCUT2D eigenvalue weighted by Crippen LogP contribution is -2.39. The summed E-state index contributed by atoms with van der Waals surface area (Å²) in [6, 6.07) is 7.69. The van der Waals surface area contributed by atoms with Gasteiger partial charge in [-0.3, -0.25) is 9.59 Å². The van der Waals surface area contributed by atoms with Crippen molar-refractivity contribution in [2.24, 2.45) is 0 Å². The molecule has 2 aromatic rings. The maximum atomic E-state index is 13.1. The minimum absolute atomic E-state index is 0.176. The van der Waals surface area contributed by atoms with E-state index in [4.69, 9.17) is 5.11 Å². The molecular weight excluding hydrogens is 672 g/mol. The number of unbranched alkanes of at least 4 members (excludes halogenated alkanes) is 4. The summed E-state index contributed by atoms with van der Waals surface area (Å²) in [7, 11) is 0.